The largest absolute Gasteiger partial charge is 0.545 e. The van der Waals surface area contributed by atoms with Gasteiger partial charge in [-0.2, -0.15) is 0 Å². The number of ether oxygens (including phenoxy) is 1. The summed E-state index contributed by atoms with van der Waals surface area (Å²) in [5.74, 6) is -3.69. The number of hydrogen-bond donors (Lipinski definition) is 2. The molecule has 0 spiro atoms. The molecule has 0 saturated carbocycles. The molecule has 0 bridgehead atoms. The molecular weight excluding hydrogens is 514 g/mol. The lowest BCUT2D eigenvalue weighted by atomic mass is 10.1. The molecule has 38 heavy (non-hydrogen) atoms. The predicted octanol–water partition coefficient (Wildman–Crippen LogP) is 2.45. The van der Waals surface area contributed by atoms with Gasteiger partial charge in [0.05, 0.1) is 30.8 Å². The van der Waals surface area contributed by atoms with Crippen LogP contribution < -0.4 is 20.6 Å². The van der Waals surface area contributed by atoms with Crippen molar-refractivity contribution >= 4 is 58.3 Å². The Morgan fingerprint density at radius 1 is 0.895 bits per heavy atom. The lowest BCUT2D eigenvalue weighted by molar-refractivity contribution is -0.255. The molecule has 4 rings (SSSR count). The maximum Gasteiger partial charge on any atom is 0.337 e. The molecule has 0 unspecified atom stereocenters. The third-order valence-corrected chi connectivity index (χ3v) is 5.90. The Balaban J connectivity index is 1.41. The van der Waals surface area contributed by atoms with Crippen LogP contribution in [0.2, 0.25) is 0 Å². The van der Waals surface area contributed by atoms with Crippen LogP contribution in [-0.4, -0.2) is 36.8 Å². The number of amides is 3. The Morgan fingerprint density at radius 3 is 2.18 bits per heavy atom. The summed E-state index contributed by atoms with van der Waals surface area (Å²) in [5.41, 5.74) is 1.74. The molecule has 1 heterocycles. The van der Waals surface area contributed by atoms with Gasteiger partial charge in [0.1, 0.15) is 10.7 Å². The first kappa shape index (κ1) is 26.1. The average Bonchev–Trinajstić information content (AvgIpc) is 3.12. The van der Waals surface area contributed by atoms with Gasteiger partial charge < -0.3 is 25.3 Å². The zero-order valence-electron chi connectivity index (χ0n) is 19.8. The van der Waals surface area contributed by atoms with E-state index in [0.29, 0.717) is 16.9 Å². The second kappa shape index (κ2) is 11.0. The normalized spacial score (nSPS) is 12.9. The van der Waals surface area contributed by atoms with Crippen LogP contribution in [0.4, 0.5) is 17.1 Å². The van der Waals surface area contributed by atoms with E-state index < -0.39 is 23.8 Å². The number of carbonyl (C=O) groups excluding carboxylic acids is 5. The number of nitrogens with zero attached hydrogens (tertiary/aromatic N) is 1. The van der Waals surface area contributed by atoms with Gasteiger partial charge in [-0.15, -0.1) is 0 Å². The molecule has 3 amide bonds. The zero-order valence-corrected chi connectivity index (χ0v) is 20.6. The van der Waals surface area contributed by atoms with E-state index in [1.165, 1.54) is 55.6 Å². The summed E-state index contributed by atoms with van der Waals surface area (Å²) in [4.78, 5) is 61.6. The molecule has 192 valence electrons. The maximum absolute atomic E-state index is 13.0. The number of carboxylic acid groups (broad SMARTS) is 1. The molecule has 1 aliphatic heterocycles. The van der Waals surface area contributed by atoms with E-state index in [1.807, 2.05) is 0 Å². The van der Waals surface area contributed by atoms with Crippen molar-refractivity contribution in [3.05, 3.63) is 100 Å². The SMILES string of the molecule is COC(=O)c1cccc(N2C(=O)C(Cl)=C(Nc3ccc(CC(=O)Nc4ccc(C(=O)[O-])cc4)cc3)C2=O)c1. The number of rotatable bonds is 8. The van der Waals surface area contributed by atoms with Crippen LogP contribution in [0.1, 0.15) is 26.3 Å². The summed E-state index contributed by atoms with van der Waals surface area (Å²) in [6.45, 7) is 0. The van der Waals surface area contributed by atoms with Crippen molar-refractivity contribution in [1.29, 1.82) is 0 Å². The lowest BCUT2D eigenvalue weighted by Crippen LogP contribution is -2.32. The smallest absolute Gasteiger partial charge is 0.337 e. The molecule has 1 aliphatic rings. The minimum Gasteiger partial charge on any atom is -0.545 e. The molecule has 0 radical (unpaired) electrons. The van der Waals surface area contributed by atoms with E-state index >= 15 is 0 Å². The molecule has 0 saturated heterocycles. The molecule has 11 heteroatoms. The second-order valence-electron chi connectivity index (χ2n) is 8.09. The minimum atomic E-state index is -1.31. The van der Waals surface area contributed by atoms with Crippen molar-refractivity contribution in [3.63, 3.8) is 0 Å². The van der Waals surface area contributed by atoms with Crippen molar-refractivity contribution in [1.82, 2.24) is 0 Å². The molecule has 10 nitrogen and oxygen atoms in total. The van der Waals surface area contributed by atoms with E-state index in [1.54, 1.807) is 24.3 Å². The number of benzene rings is 3. The highest BCUT2D eigenvalue weighted by molar-refractivity contribution is 6.53. The maximum atomic E-state index is 13.0. The number of halogens is 1. The van der Waals surface area contributed by atoms with Crippen LogP contribution in [0.15, 0.2) is 83.5 Å². The first-order chi connectivity index (χ1) is 18.2. The number of carbonyl (C=O) groups is 5. The quantitative estimate of drug-likeness (QED) is 0.332. The Bertz CT molecular complexity index is 1480. The summed E-state index contributed by atoms with van der Waals surface area (Å²) < 4.78 is 4.68. The Morgan fingerprint density at radius 2 is 1.55 bits per heavy atom. The van der Waals surface area contributed by atoms with E-state index in [-0.39, 0.29) is 39.9 Å². The molecular formula is C27H19ClN3O7-. The van der Waals surface area contributed by atoms with E-state index in [4.69, 9.17) is 11.6 Å². The molecule has 3 aromatic rings. The first-order valence-corrected chi connectivity index (χ1v) is 11.5. The van der Waals surface area contributed by atoms with Gasteiger partial charge in [-0.25, -0.2) is 9.69 Å². The van der Waals surface area contributed by atoms with Crippen LogP contribution in [-0.2, 0) is 25.5 Å². The highest BCUT2D eigenvalue weighted by atomic mass is 35.5. The van der Waals surface area contributed by atoms with E-state index in [2.05, 4.69) is 15.4 Å². The first-order valence-electron chi connectivity index (χ1n) is 11.1. The fraction of sp³-hybridized carbons (Fsp3) is 0.0741. The number of aromatic carboxylic acids is 1. The predicted molar refractivity (Wildman–Crippen MR) is 136 cm³/mol. The second-order valence-corrected chi connectivity index (χ2v) is 8.47. The molecule has 0 fully saturated rings. The van der Waals surface area contributed by atoms with Crippen LogP contribution in [0.3, 0.4) is 0 Å². The highest BCUT2D eigenvalue weighted by Gasteiger charge is 2.39. The molecule has 0 atom stereocenters. The summed E-state index contributed by atoms with van der Waals surface area (Å²) in [7, 11) is 1.22. The number of imide groups is 1. The highest BCUT2D eigenvalue weighted by Crippen LogP contribution is 2.30. The van der Waals surface area contributed by atoms with Crippen LogP contribution >= 0.6 is 11.6 Å². The number of carboxylic acids is 1. The summed E-state index contributed by atoms with van der Waals surface area (Å²) in [5, 5.41) is 16.0. The van der Waals surface area contributed by atoms with Crippen LogP contribution in [0, 0.1) is 0 Å². The molecule has 3 aromatic carbocycles. The lowest BCUT2D eigenvalue weighted by Gasteiger charge is -2.16. The van der Waals surface area contributed by atoms with Crippen LogP contribution in [0.25, 0.3) is 0 Å². The third kappa shape index (κ3) is 5.55. The number of esters is 1. The van der Waals surface area contributed by atoms with Gasteiger partial charge in [-0.05, 0) is 53.6 Å². The number of anilines is 3. The summed E-state index contributed by atoms with van der Waals surface area (Å²) in [6, 6.07) is 18.0. The van der Waals surface area contributed by atoms with Gasteiger partial charge in [-0.3, -0.25) is 14.4 Å². The topological polar surface area (TPSA) is 145 Å². The van der Waals surface area contributed by atoms with Crippen molar-refractivity contribution in [2.45, 2.75) is 6.42 Å². The van der Waals surface area contributed by atoms with Crippen molar-refractivity contribution in [3.8, 4) is 0 Å². The summed E-state index contributed by atoms with van der Waals surface area (Å²) >= 11 is 6.18. The Labute approximate surface area is 221 Å². The van der Waals surface area contributed by atoms with E-state index in [9.17, 15) is 29.1 Å². The molecule has 2 N–H and O–H groups in total. The van der Waals surface area contributed by atoms with E-state index in [0.717, 1.165) is 4.90 Å². The van der Waals surface area contributed by atoms with Crippen molar-refractivity contribution in [2.75, 3.05) is 22.6 Å². The number of nitrogens with one attached hydrogen (secondary N) is 2. The standard InChI is InChI=1S/C27H20ClN3O7/c1-38-27(37)17-3-2-4-20(14-17)31-24(33)22(28)23(25(31)34)30-19-9-5-15(6-10-19)13-21(32)29-18-11-7-16(8-12-18)26(35)36/h2-12,14,30H,13H2,1H3,(H,29,32)(H,35,36)/p-1. The fourth-order valence-electron chi connectivity index (χ4n) is 3.67. The Hall–Kier alpha value is -4.96. The van der Waals surface area contributed by atoms with Gasteiger partial charge in [-0.1, -0.05) is 41.9 Å². The van der Waals surface area contributed by atoms with Crippen molar-refractivity contribution in [2.24, 2.45) is 0 Å². The minimum absolute atomic E-state index is 0.00147. The fourth-order valence-corrected chi connectivity index (χ4v) is 3.88. The van der Waals surface area contributed by atoms with Crippen LogP contribution in [0.5, 0.6) is 0 Å². The molecule has 0 aliphatic carbocycles. The molecule has 0 aromatic heterocycles. The number of hydrogen-bond acceptors (Lipinski definition) is 8. The number of methoxy groups -OCH3 is 1. The average molecular weight is 533 g/mol. The van der Waals surface area contributed by atoms with Gasteiger partial charge >= 0.3 is 5.97 Å². The van der Waals surface area contributed by atoms with Gasteiger partial charge in [0.15, 0.2) is 0 Å². The summed E-state index contributed by atoms with van der Waals surface area (Å²) in [6.07, 6.45) is 0.0354. The van der Waals surface area contributed by atoms with Gasteiger partial charge in [0.2, 0.25) is 5.91 Å². The monoisotopic (exact) mass is 532 g/mol. The van der Waals surface area contributed by atoms with Gasteiger partial charge in [0.25, 0.3) is 11.8 Å². The third-order valence-electron chi connectivity index (χ3n) is 5.55. The zero-order chi connectivity index (χ0) is 27.4. The van der Waals surface area contributed by atoms with Gasteiger partial charge in [0, 0.05) is 11.4 Å². The van der Waals surface area contributed by atoms with Crippen molar-refractivity contribution < 1.29 is 33.8 Å². The Kier molecular flexibility index (Phi) is 7.54.